The van der Waals surface area contributed by atoms with Gasteiger partial charge in [0, 0.05) is 23.6 Å². The minimum Gasteiger partial charge on any atom is -0.338 e. The molecule has 2 rings (SSSR count). The van der Waals surface area contributed by atoms with E-state index in [1.54, 1.807) is 11.0 Å². The van der Waals surface area contributed by atoms with Gasteiger partial charge in [0.25, 0.3) is 11.6 Å². The molecule has 0 N–H and O–H groups in total. The van der Waals surface area contributed by atoms with Crippen molar-refractivity contribution < 1.29 is 9.72 Å². The van der Waals surface area contributed by atoms with E-state index in [0.717, 1.165) is 19.3 Å². The fraction of sp³-hybridized carbons (Fsp3) is 0.417. The number of nitrogens with zero attached hydrogens (tertiary/aromatic N) is 2. The van der Waals surface area contributed by atoms with E-state index in [1.807, 2.05) is 0 Å². The Labute approximate surface area is 113 Å². The number of nitro groups is 1. The van der Waals surface area contributed by atoms with Crippen molar-refractivity contribution in [2.75, 3.05) is 13.1 Å². The lowest BCUT2D eigenvalue weighted by Crippen LogP contribution is -2.35. The second-order valence-corrected chi connectivity index (χ2v) is 5.19. The summed E-state index contributed by atoms with van der Waals surface area (Å²) in [5.41, 5.74) is 0.0325. The van der Waals surface area contributed by atoms with Crippen LogP contribution in [0.2, 0.25) is 0 Å². The quantitative estimate of drug-likeness (QED) is 0.623. The van der Waals surface area contributed by atoms with E-state index < -0.39 is 4.92 Å². The molecule has 0 radical (unpaired) electrons. The monoisotopic (exact) mass is 312 g/mol. The molecular formula is C12H13BrN2O3. The molecule has 5 nitrogen and oxygen atoms in total. The first-order valence-corrected chi connectivity index (χ1v) is 6.62. The van der Waals surface area contributed by atoms with Crippen LogP contribution < -0.4 is 0 Å². The maximum absolute atomic E-state index is 12.2. The molecule has 1 aromatic rings. The molecule has 1 aliphatic heterocycles. The summed E-state index contributed by atoms with van der Waals surface area (Å²) in [7, 11) is 0. The maximum atomic E-state index is 12.2. The minimum atomic E-state index is -0.512. The normalized spacial score (nSPS) is 15.5. The van der Waals surface area contributed by atoms with Crippen LogP contribution in [0.25, 0.3) is 0 Å². The zero-order valence-corrected chi connectivity index (χ0v) is 11.4. The largest absolute Gasteiger partial charge is 0.338 e. The Morgan fingerprint density at radius 3 is 2.56 bits per heavy atom. The number of likely N-dealkylation sites (tertiary alicyclic amines) is 1. The zero-order valence-electron chi connectivity index (χ0n) is 9.76. The number of carbonyl (C=O) groups excluding carboxylic acids is 1. The van der Waals surface area contributed by atoms with E-state index in [9.17, 15) is 14.9 Å². The molecule has 1 aliphatic rings. The molecule has 1 amide bonds. The molecule has 0 aliphatic carbocycles. The van der Waals surface area contributed by atoms with E-state index in [1.165, 1.54) is 12.1 Å². The van der Waals surface area contributed by atoms with Crippen LogP contribution >= 0.6 is 15.9 Å². The summed E-state index contributed by atoms with van der Waals surface area (Å²) in [6.07, 6.45) is 3.05. The summed E-state index contributed by atoms with van der Waals surface area (Å²) < 4.78 is 0.601. The minimum absolute atomic E-state index is 0.139. The lowest BCUT2D eigenvalue weighted by atomic mass is 10.1. The number of amides is 1. The van der Waals surface area contributed by atoms with Gasteiger partial charge in [0.2, 0.25) is 0 Å². The summed E-state index contributed by atoms with van der Waals surface area (Å²) >= 11 is 3.18. The molecular weight excluding hydrogens is 300 g/mol. The van der Waals surface area contributed by atoms with E-state index in [-0.39, 0.29) is 17.2 Å². The third-order valence-electron chi connectivity index (χ3n) is 3.03. The van der Waals surface area contributed by atoms with Crippen LogP contribution in [-0.2, 0) is 0 Å². The van der Waals surface area contributed by atoms with Crippen molar-refractivity contribution in [2.24, 2.45) is 0 Å². The topological polar surface area (TPSA) is 63.4 Å². The number of halogens is 1. The van der Waals surface area contributed by atoms with Gasteiger partial charge >= 0.3 is 0 Å². The molecule has 0 atom stereocenters. The molecule has 96 valence electrons. The summed E-state index contributed by atoms with van der Waals surface area (Å²) in [6, 6.07) is 4.54. The number of rotatable bonds is 2. The van der Waals surface area contributed by atoms with Crippen LogP contribution in [0.5, 0.6) is 0 Å². The average Bonchev–Trinajstić information content (AvgIpc) is 2.39. The van der Waals surface area contributed by atoms with Gasteiger partial charge in [0.05, 0.1) is 4.92 Å². The number of hydrogen-bond donors (Lipinski definition) is 0. The molecule has 1 aromatic carbocycles. The van der Waals surface area contributed by atoms with Crippen molar-refractivity contribution in [3.8, 4) is 0 Å². The highest BCUT2D eigenvalue weighted by Gasteiger charge is 2.25. The first-order chi connectivity index (χ1) is 8.59. The van der Waals surface area contributed by atoms with E-state index in [4.69, 9.17) is 0 Å². The smallest absolute Gasteiger partial charge is 0.283 e. The van der Waals surface area contributed by atoms with Crippen LogP contribution in [-0.4, -0.2) is 28.8 Å². The van der Waals surface area contributed by atoms with Crippen LogP contribution in [0, 0.1) is 10.1 Å². The Bertz CT molecular complexity index is 484. The molecule has 18 heavy (non-hydrogen) atoms. The molecule has 0 saturated carbocycles. The van der Waals surface area contributed by atoms with E-state index in [2.05, 4.69) is 15.9 Å². The van der Waals surface area contributed by atoms with Crippen LogP contribution in [0.3, 0.4) is 0 Å². The number of carbonyl (C=O) groups is 1. The zero-order chi connectivity index (χ0) is 13.1. The first kappa shape index (κ1) is 13.0. The van der Waals surface area contributed by atoms with Crippen molar-refractivity contribution in [3.63, 3.8) is 0 Å². The molecule has 0 bridgehead atoms. The predicted octanol–water partition coefficient (Wildman–Crippen LogP) is 2.98. The highest BCUT2D eigenvalue weighted by Crippen LogP contribution is 2.25. The highest BCUT2D eigenvalue weighted by atomic mass is 79.9. The fourth-order valence-electron chi connectivity index (χ4n) is 2.10. The van der Waals surface area contributed by atoms with E-state index in [0.29, 0.717) is 17.6 Å². The van der Waals surface area contributed by atoms with Crippen LogP contribution in [0.4, 0.5) is 5.69 Å². The molecule has 6 heteroatoms. The van der Waals surface area contributed by atoms with Crippen LogP contribution in [0.15, 0.2) is 22.7 Å². The first-order valence-electron chi connectivity index (χ1n) is 5.83. The number of nitro benzene ring substituents is 1. The van der Waals surface area contributed by atoms with E-state index >= 15 is 0 Å². The van der Waals surface area contributed by atoms with Crippen LogP contribution in [0.1, 0.15) is 29.6 Å². The van der Waals surface area contributed by atoms with Gasteiger partial charge < -0.3 is 4.90 Å². The number of benzene rings is 1. The van der Waals surface area contributed by atoms with Crippen molar-refractivity contribution >= 4 is 27.5 Å². The molecule has 1 fully saturated rings. The Kier molecular flexibility index (Phi) is 3.96. The fourth-order valence-corrected chi connectivity index (χ4v) is 2.45. The Morgan fingerprint density at radius 2 is 1.94 bits per heavy atom. The molecule has 0 spiro atoms. The number of piperidine rings is 1. The lowest BCUT2D eigenvalue weighted by molar-refractivity contribution is -0.385. The average molecular weight is 313 g/mol. The standard InChI is InChI=1S/C12H13BrN2O3/c13-9-4-5-10(11(8-9)15(17)18)12(16)14-6-2-1-3-7-14/h4-5,8H,1-3,6-7H2. The Balaban J connectivity index is 2.31. The van der Waals surface area contributed by atoms with Gasteiger partial charge in [-0.05, 0) is 31.4 Å². The predicted molar refractivity (Wildman–Crippen MR) is 70.6 cm³/mol. The molecule has 0 unspecified atom stereocenters. The second kappa shape index (κ2) is 5.48. The van der Waals surface area contributed by atoms with Gasteiger partial charge in [-0.2, -0.15) is 0 Å². The van der Waals surface area contributed by atoms with Crippen molar-refractivity contribution in [2.45, 2.75) is 19.3 Å². The van der Waals surface area contributed by atoms with Crippen molar-refractivity contribution in [1.29, 1.82) is 0 Å². The molecule has 0 aromatic heterocycles. The van der Waals surface area contributed by atoms with Gasteiger partial charge in [-0.1, -0.05) is 15.9 Å². The third-order valence-corrected chi connectivity index (χ3v) is 3.52. The highest BCUT2D eigenvalue weighted by molar-refractivity contribution is 9.10. The van der Waals surface area contributed by atoms with Gasteiger partial charge in [-0.3, -0.25) is 14.9 Å². The van der Waals surface area contributed by atoms with Gasteiger partial charge in [0.15, 0.2) is 0 Å². The summed E-state index contributed by atoms with van der Waals surface area (Å²) in [5, 5.41) is 11.0. The lowest BCUT2D eigenvalue weighted by Gasteiger charge is -2.26. The van der Waals surface area contributed by atoms with Gasteiger partial charge in [-0.15, -0.1) is 0 Å². The van der Waals surface area contributed by atoms with Crippen molar-refractivity contribution in [3.05, 3.63) is 38.3 Å². The van der Waals surface area contributed by atoms with Gasteiger partial charge in [-0.25, -0.2) is 0 Å². The SMILES string of the molecule is O=C(c1ccc(Br)cc1[N+](=O)[O-])N1CCCCC1. The summed E-state index contributed by atoms with van der Waals surface area (Å²) in [5.74, 6) is -0.242. The summed E-state index contributed by atoms with van der Waals surface area (Å²) in [4.78, 5) is 24.4. The Morgan fingerprint density at radius 1 is 1.28 bits per heavy atom. The Hall–Kier alpha value is -1.43. The second-order valence-electron chi connectivity index (χ2n) is 4.27. The summed E-state index contributed by atoms with van der Waals surface area (Å²) in [6.45, 7) is 1.37. The van der Waals surface area contributed by atoms with Crippen molar-refractivity contribution in [1.82, 2.24) is 4.90 Å². The third kappa shape index (κ3) is 2.69. The number of hydrogen-bond acceptors (Lipinski definition) is 3. The van der Waals surface area contributed by atoms with Gasteiger partial charge in [0.1, 0.15) is 5.56 Å². The molecule has 1 saturated heterocycles. The molecule has 1 heterocycles. The maximum Gasteiger partial charge on any atom is 0.283 e.